The van der Waals surface area contributed by atoms with Gasteiger partial charge < -0.3 is 14.4 Å². The first-order valence-corrected chi connectivity index (χ1v) is 8.17. The monoisotopic (exact) mass is 361 g/mol. The number of amides is 1. The standard InChI is InChI=1S/C19H20ClNO4/c1-13-11-15(20)9-10-17(13)25-14(2)19(23)24-12-18(22)21(3)16-7-5-4-6-8-16/h4-11,14H,12H2,1-3H3. The molecular formula is C19H20ClNO4. The minimum absolute atomic E-state index is 0.325. The number of carbonyl (C=O) groups is 2. The van der Waals surface area contributed by atoms with Crippen molar-refractivity contribution >= 4 is 29.2 Å². The topological polar surface area (TPSA) is 55.8 Å². The predicted octanol–water partition coefficient (Wildman–Crippen LogP) is 3.62. The Labute approximate surface area is 152 Å². The second kappa shape index (κ2) is 8.53. The average Bonchev–Trinajstić information content (AvgIpc) is 2.61. The van der Waals surface area contributed by atoms with Gasteiger partial charge in [0.2, 0.25) is 0 Å². The number of aryl methyl sites for hydroxylation is 1. The van der Waals surface area contributed by atoms with Crippen molar-refractivity contribution in [1.82, 2.24) is 0 Å². The molecule has 1 unspecified atom stereocenters. The number of halogens is 1. The van der Waals surface area contributed by atoms with Crippen LogP contribution >= 0.6 is 11.6 Å². The number of nitrogens with zero attached hydrogens (tertiary/aromatic N) is 1. The Kier molecular flexibility index (Phi) is 6.42. The Morgan fingerprint density at radius 2 is 1.84 bits per heavy atom. The maximum atomic E-state index is 12.1. The molecule has 0 radical (unpaired) electrons. The van der Waals surface area contributed by atoms with Gasteiger partial charge in [0.1, 0.15) is 5.75 Å². The van der Waals surface area contributed by atoms with Gasteiger partial charge in [-0.2, -0.15) is 0 Å². The molecule has 0 fully saturated rings. The molecule has 2 aromatic carbocycles. The lowest BCUT2D eigenvalue weighted by atomic mass is 10.2. The molecule has 0 aliphatic carbocycles. The quantitative estimate of drug-likeness (QED) is 0.737. The van der Waals surface area contributed by atoms with Gasteiger partial charge in [0.25, 0.3) is 5.91 Å². The number of rotatable bonds is 6. The summed E-state index contributed by atoms with van der Waals surface area (Å²) in [5.74, 6) is -0.389. The van der Waals surface area contributed by atoms with Crippen LogP contribution in [0.25, 0.3) is 0 Å². The number of hydrogen-bond acceptors (Lipinski definition) is 4. The van der Waals surface area contributed by atoms with Crippen molar-refractivity contribution < 1.29 is 19.1 Å². The van der Waals surface area contributed by atoms with Crippen LogP contribution in [0.2, 0.25) is 5.02 Å². The van der Waals surface area contributed by atoms with Crippen LogP contribution < -0.4 is 9.64 Å². The number of anilines is 1. The van der Waals surface area contributed by atoms with Gasteiger partial charge in [0, 0.05) is 17.8 Å². The Bertz CT molecular complexity index is 748. The number of esters is 1. The number of para-hydroxylation sites is 1. The van der Waals surface area contributed by atoms with Crippen molar-refractivity contribution in [3.8, 4) is 5.75 Å². The molecule has 132 valence electrons. The van der Waals surface area contributed by atoms with Crippen molar-refractivity contribution in [3.63, 3.8) is 0 Å². The zero-order chi connectivity index (χ0) is 18.4. The molecule has 0 saturated carbocycles. The lowest BCUT2D eigenvalue weighted by Gasteiger charge is -2.19. The maximum absolute atomic E-state index is 12.1. The fourth-order valence-corrected chi connectivity index (χ4v) is 2.35. The summed E-state index contributed by atoms with van der Waals surface area (Å²) in [6, 6.07) is 14.2. The first kappa shape index (κ1) is 18.8. The van der Waals surface area contributed by atoms with E-state index in [0.717, 1.165) is 11.3 Å². The normalized spacial score (nSPS) is 11.5. The first-order chi connectivity index (χ1) is 11.9. The summed E-state index contributed by atoms with van der Waals surface area (Å²) < 4.78 is 10.6. The van der Waals surface area contributed by atoms with E-state index in [1.54, 1.807) is 44.3 Å². The zero-order valence-corrected chi connectivity index (χ0v) is 15.1. The highest BCUT2D eigenvalue weighted by atomic mass is 35.5. The summed E-state index contributed by atoms with van der Waals surface area (Å²) in [7, 11) is 1.63. The summed E-state index contributed by atoms with van der Waals surface area (Å²) >= 11 is 5.89. The number of hydrogen-bond donors (Lipinski definition) is 0. The van der Waals surface area contributed by atoms with Gasteiger partial charge in [-0.05, 0) is 49.7 Å². The van der Waals surface area contributed by atoms with E-state index in [-0.39, 0.29) is 12.5 Å². The molecule has 2 rings (SSSR count). The van der Waals surface area contributed by atoms with E-state index >= 15 is 0 Å². The molecule has 0 saturated heterocycles. The molecule has 1 amide bonds. The van der Waals surface area contributed by atoms with Crippen molar-refractivity contribution in [2.75, 3.05) is 18.6 Å². The van der Waals surface area contributed by atoms with Gasteiger partial charge >= 0.3 is 5.97 Å². The molecule has 5 nitrogen and oxygen atoms in total. The molecule has 0 aliphatic heterocycles. The first-order valence-electron chi connectivity index (χ1n) is 7.79. The molecule has 6 heteroatoms. The molecule has 2 aromatic rings. The fourth-order valence-electron chi connectivity index (χ4n) is 2.13. The largest absolute Gasteiger partial charge is 0.479 e. The highest BCUT2D eigenvalue weighted by Gasteiger charge is 2.20. The average molecular weight is 362 g/mol. The lowest BCUT2D eigenvalue weighted by molar-refractivity contribution is -0.154. The van der Waals surface area contributed by atoms with Gasteiger partial charge in [-0.3, -0.25) is 4.79 Å². The third-order valence-corrected chi connectivity index (χ3v) is 3.86. The molecule has 1 atom stereocenters. The number of benzene rings is 2. The molecule has 0 N–H and O–H groups in total. The van der Waals surface area contributed by atoms with Gasteiger partial charge in [0.15, 0.2) is 12.7 Å². The van der Waals surface area contributed by atoms with Crippen LogP contribution in [0.15, 0.2) is 48.5 Å². The molecule has 0 aromatic heterocycles. The second-order valence-corrected chi connectivity index (χ2v) is 6.00. The van der Waals surface area contributed by atoms with E-state index in [2.05, 4.69) is 0 Å². The Morgan fingerprint density at radius 1 is 1.16 bits per heavy atom. The minimum atomic E-state index is -0.838. The highest BCUT2D eigenvalue weighted by molar-refractivity contribution is 6.30. The Morgan fingerprint density at radius 3 is 2.48 bits per heavy atom. The number of carbonyl (C=O) groups excluding carboxylic acids is 2. The number of ether oxygens (including phenoxy) is 2. The molecule has 25 heavy (non-hydrogen) atoms. The fraction of sp³-hybridized carbons (Fsp3) is 0.263. The molecule has 0 aliphatic rings. The zero-order valence-electron chi connectivity index (χ0n) is 14.4. The molecule has 0 spiro atoms. The van der Waals surface area contributed by atoms with Crippen LogP contribution in [-0.2, 0) is 14.3 Å². The van der Waals surface area contributed by atoms with Gasteiger partial charge in [-0.15, -0.1) is 0 Å². The van der Waals surface area contributed by atoms with E-state index in [9.17, 15) is 9.59 Å². The van der Waals surface area contributed by atoms with Crippen LogP contribution in [0.4, 0.5) is 5.69 Å². The van der Waals surface area contributed by atoms with Gasteiger partial charge in [-0.25, -0.2) is 4.79 Å². The van der Waals surface area contributed by atoms with E-state index in [1.807, 2.05) is 25.1 Å². The SMILES string of the molecule is Cc1cc(Cl)ccc1OC(C)C(=O)OCC(=O)N(C)c1ccccc1. The van der Waals surface area contributed by atoms with Gasteiger partial charge in [0.05, 0.1) is 0 Å². The predicted molar refractivity (Wildman–Crippen MR) is 97.1 cm³/mol. The lowest BCUT2D eigenvalue weighted by Crippen LogP contribution is -2.34. The van der Waals surface area contributed by atoms with Crippen LogP contribution in [0.1, 0.15) is 12.5 Å². The summed E-state index contributed by atoms with van der Waals surface area (Å²) in [5.41, 5.74) is 1.54. The van der Waals surface area contributed by atoms with E-state index in [1.165, 1.54) is 4.90 Å². The van der Waals surface area contributed by atoms with Crippen LogP contribution in [0, 0.1) is 6.92 Å². The van der Waals surface area contributed by atoms with Crippen molar-refractivity contribution in [2.24, 2.45) is 0 Å². The molecular weight excluding hydrogens is 342 g/mol. The van der Waals surface area contributed by atoms with Gasteiger partial charge in [-0.1, -0.05) is 29.8 Å². The van der Waals surface area contributed by atoms with Crippen LogP contribution in [-0.4, -0.2) is 31.6 Å². The Balaban J connectivity index is 1.87. The van der Waals surface area contributed by atoms with E-state index in [0.29, 0.717) is 10.8 Å². The summed E-state index contributed by atoms with van der Waals surface area (Å²) in [6.07, 6.45) is -0.838. The van der Waals surface area contributed by atoms with Crippen molar-refractivity contribution in [3.05, 3.63) is 59.1 Å². The summed E-state index contributed by atoms with van der Waals surface area (Å²) in [5, 5.41) is 0.592. The van der Waals surface area contributed by atoms with E-state index in [4.69, 9.17) is 21.1 Å². The second-order valence-electron chi connectivity index (χ2n) is 5.57. The molecule has 0 bridgehead atoms. The summed E-state index contributed by atoms with van der Waals surface area (Å²) in [4.78, 5) is 25.6. The highest BCUT2D eigenvalue weighted by Crippen LogP contribution is 2.23. The molecule has 0 heterocycles. The van der Waals surface area contributed by atoms with E-state index < -0.39 is 12.1 Å². The smallest absolute Gasteiger partial charge is 0.347 e. The Hall–Kier alpha value is -2.53. The number of likely N-dealkylation sites (N-methyl/N-ethyl adjacent to an activating group) is 1. The third-order valence-electron chi connectivity index (χ3n) is 3.63. The maximum Gasteiger partial charge on any atom is 0.347 e. The van der Waals surface area contributed by atoms with Crippen LogP contribution in [0.3, 0.4) is 0 Å². The van der Waals surface area contributed by atoms with Crippen LogP contribution in [0.5, 0.6) is 5.75 Å². The van der Waals surface area contributed by atoms with Crippen molar-refractivity contribution in [2.45, 2.75) is 20.0 Å². The minimum Gasteiger partial charge on any atom is -0.479 e. The van der Waals surface area contributed by atoms with Crippen molar-refractivity contribution in [1.29, 1.82) is 0 Å². The summed E-state index contributed by atoms with van der Waals surface area (Å²) in [6.45, 7) is 3.05. The third kappa shape index (κ3) is 5.22.